The van der Waals surface area contributed by atoms with Crippen LogP contribution >= 0.6 is 22.7 Å². The summed E-state index contributed by atoms with van der Waals surface area (Å²) in [6.45, 7) is 0.853. The van der Waals surface area contributed by atoms with E-state index in [0.29, 0.717) is 0 Å². The number of aromatic nitrogens is 1. The summed E-state index contributed by atoms with van der Waals surface area (Å²) in [4.78, 5) is 6.11. The van der Waals surface area contributed by atoms with Crippen LogP contribution in [-0.4, -0.2) is 12.0 Å². The largest absolute Gasteiger partial charge is 0.315 e. The first kappa shape index (κ1) is 12.5. The molecule has 96 valence electrons. The van der Waals surface area contributed by atoms with Crippen molar-refractivity contribution in [3.8, 4) is 21.8 Å². The molecule has 0 saturated carbocycles. The highest BCUT2D eigenvalue weighted by molar-refractivity contribution is 7.16. The van der Waals surface area contributed by atoms with E-state index in [9.17, 15) is 0 Å². The molecule has 0 aliphatic rings. The van der Waals surface area contributed by atoms with Crippen LogP contribution in [0.5, 0.6) is 0 Å². The van der Waals surface area contributed by atoms with Crippen LogP contribution < -0.4 is 5.32 Å². The van der Waals surface area contributed by atoms with Crippen LogP contribution in [0.3, 0.4) is 0 Å². The second-order valence-corrected chi connectivity index (χ2v) is 6.06. The highest BCUT2D eigenvalue weighted by Crippen LogP contribution is 2.34. The molecule has 1 aromatic carbocycles. The summed E-state index contributed by atoms with van der Waals surface area (Å²) >= 11 is 3.48. The molecule has 2 nitrogen and oxygen atoms in total. The monoisotopic (exact) mass is 286 g/mol. The van der Waals surface area contributed by atoms with Gasteiger partial charge in [0.05, 0.1) is 5.69 Å². The standard InChI is InChI=1S/C15H14N2S2/c1-16-9-13-14(11-5-3-2-4-6-11)17-15(19-13)12-7-8-18-10-12/h2-8,10,16H,9H2,1H3. The zero-order valence-electron chi connectivity index (χ0n) is 10.6. The predicted molar refractivity (Wildman–Crippen MR) is 83.6 cm³/mol. The zero-order chi connectivity index (χ0) is 13.1. The minimum Gasteiger partial charge on any atom is -0.315 e. The van der Waals surface area contributed by atoms with Crippen molar-refractivity contribution >= 4 is 22.7 Å². The minimum atomic E-state index is 0.853. The van der Waals surface area contributed by atoms with Gasteiger partial charge in [-0.3, -0.25) is 0 Å². The molecule has 0 saturated heterocycles. The Hall–Kier alpha value is -1.49. The van der Waals surface area contributed by atoms with Gasteiger partial charge in [-0.25, -0.2) is 4.98 Å². The molecule has 0 fully saturated rings. The Balaban J connectivity index is 2.08. The lowest BCUT2D eigenvalue weighted by atomic mass is 10.1. The number of thiophene rings is 1. The molecule has 0 atom stereocenters. The van der Waals surface area contributed by atoms with E-state index in [1.807, 2.05) is 13.1 Å². The van der Waals surface area contributed by atoms with E-state index in [-0.39, 0.29) is 0 Å². The number of thiazole rings is 1. The lowest BCUT2D eigenvalue weighted by Gasteiger charge is -2.00. The average molecular weight is 286 g/mol. The van der Waals surface area contributed by atoms with Crippen molar-refractivity contribution in [2.24, 2.45) is 0 Å². The Bertz CT molecular complexity index is 642. The van der Waals surface area contributed by atoms with Crippen LogP contribution in [0, 0.1) is 0 Å². The van der Waals surface area contributed by atoms with Gasteiger partial charge in [-0.15, -0.1) is 11.3 Å². The summed E-state index contributed by atoms with van der Waals surface area (Å²) in [6, 6.07) is 12.5. The van der Waals surface area contributed by atoms with Gasteiger partial charge in [0.15, 0.2) is 0 Å². The molecule has 0 radical (unpaired) electrons. The van der Waals surface area contributed by atoms with Crippen molar-refractivity contribution in [2.45, 2.75) is 6.54 Å². The number of hydrogen-bond acceptors (Lipinski definition) is 4. The molecule has 3 rings (SSSR count). The third-order valence-corrected chi connectivity index (χ3v) is 4.64. The van der Waals surface area contributed by atoms with E-state index in [0.717, 1.165) is 17.2 Å². The minimum absolute atomic E-state index is 0.853. The predicted octanol–water partition coefficient (Wildman–Crippen LogP) is 4.26. The van der Waals surface area contributed by atoms with Gasteiger partial charge in [0.25, 0.3) is 0 Å². The van der Waals surface area contributed by atoms with Crippen LogP contribution in [-0.2, 0) is 6.54 Å². The second-order valence-electron chi connectivity index (χ2n) is 4.20. The number of nitrogens with zero attached hydrogens (tertiary/aromatic N) is 1. The Morgan fingerprint density at radius 2 is 1.95 bits per heavy atom. The van der Waals surface area contributed by atoms with Gasteiger partial charge < -0.3 is 5.32 Å². The number of nitrogens with one attached hydrogen (secondary N) is 1. The molecular weight excluding hydrogens is 272 g/mol. The zero-order valence-corrected chi connectivity index (χ0v) is 12.2. The lowest BCUT2D eigenvalue weighted by Crippen LogP contribution is -2.04. The number of rotatable bonds is 4. The van der Waals surface area contributed by atoms with Crippen LogP contribution in [0.2, 0.25) is 0 Å². The molecule has 0 bridgehead atoms. The first-order valence-corrected chi connectivity index (χ1v) is 7.86. The topological polar surface area (TPSA) is 24.9 Å². The van der Waals surface area contributed by atoms with E-state index in [1.54, 1.807) is 22.7 Å². The maximum absolute atomic E-state index is 4.83. The Morgan fingerprint density at radius 1 is 1.11 bits per heavy atom. The van der Waals surface area contributed by atoms with Gasteiger partial charge in [0.1, 0.15) is 5.01 Å². The van der Waals surface area contributed by atoms with E-state index >= 15 is 0 Å². The molecule has 2 aromatic heterocycles. The Morgan fingerprint density at radius 3 is 2.63 bits per heavy atom. The fourth-order valence-electron chi connectivity index (χ4n) is 1.96. The van der Waals surface area contributed by atoms with Gasteiger partial charge in [0.2, 0.25) is 0 Å². The third-order valence-electron chi connectivity index (χ3n) is 2.85. The molecule has 0 amide bonds. The summed E-state index contributed by atoms with van der Waals surface area (Å²) in [6.07, 6.45) is 0. The highest BCUT2D eigenvalue weighted by atomic mass is 32.1. The fraction of sp³-hybridized carbons (Fsp3) is 0.133. The molecule has 0 unspecified atom stereocenters. The molecule has 2 heterocycles. The summed E-state index contributed by atoms with van der Waals surface area (Å²) in [5.41, 5.74) is 3.50. The van der Waals surface area contributed by atoms with E-state index in [2.05, 4.69) is 46.4 Å². The molecule has 0 aliphatic carbocycles. The highest BCUT2D eigenvalue weighted by Gasteiger charge is 2.13. The van der Waals surface area contributed by atoms with Crippen LogP contribution in [0.25, 0.3) is 21.8 Å². The van der Waals surface area contributed by atoms with Crippen molar-refractivity contribution in [1.29, 1.82) is 0 Å². The smallest absolute Gasteiger partial charge is 0.125 e. The van der Waals surface area contributed by atoms with Crippen molar-refractivity contribution in [3.05, 3.63) is 52.0 Å². The SMILES string of the molecule is CNCc1sc(-c2ccsc2)nc1-c1ccccc1. The molecule has 4 heteroatoms. The first-order valence-electron chi connectivity index (χ1n) is 6.11. The van der Waals surface area contributed by atoms with E-state index in [1.165, 1.54) is 16.0 Å². The molecule has 3 aromatic rings. The number of hydrogen-bond donors (Lipinski definition) is 1. The lowest BCUT2D eigenvalue weighted by molar-refractivity contribution is 0.831. The molecule has 0 spiro atoms. The summed E-state index contributed by atoms with van der Waals surface area (Å²) < 4.78 is 0. The fourth-order valence-corrected chi connectivity index (χ4v) is 3.77. The first-order chi connectivity index (χ1) is 9.38. The van der Waals surface area contributed by atoms with Gasteiger partial charge in [0, 0.05) is 27.9 Å². The van der Waals surface area contributed by atoms with Crippen LogP contribution in [0.1, 0.15) is 4.88 Å². The van der Waals surface area contributed by atoms with Gasteiger partial charge >= 0.3 is 0 Å². The molecule has 1 N–H and O–H groups in total. The summed E-state index contributed by atoms with van der Waals surface area (Å²) in [5.74, 6) is 0. The maximum Gasteiger partial charge on any atom is 0.125 e. The Labute approximate surface area is 120 Å². The average Bonchev–Trinajstić information content (AvgIpc) is 3.08. The molecular formula is C15H14N2S2. The van der Waals surface area contributed by atoms with Crippen LogP contribution in [0.4, 0.5) is 0 Å². The summed E-state index contributed by atoms with van der Waals surface area (Å²) in [7, 11) is 1.97. The van der Waals surface area contributed by atoms with Gasteiger partial charge in [-0.2, -0.15) is 11.3 Å². The van der Waals surface area contributed by atoms with E-state index < -0.39 is 0 Å². The molecule has 19 heavy (non-hydrogen) atoms. The maximum atomic E-state index is 4.83. The van der Waals surface area contributed by atoms with Crippen molar-refractivity contribution < 1.29 is 0 Å². The van der Waals surface area contributed by atoms with E-state index in [4.69, 9.17) is 4.98 Å². The quantitative estimate of drug-likeness (QED) is 0.775. The van der Waals surface area contributed by atoms with Gasteiger partial charge in [-0.05, 0) is 18.5 Å². The number of benzene rings is 1. The van der Waals surface area contributed by atoms with Crippen molar-refractivity contribution in [3.63, 3.8) is 0 Å². The van der Waals surface area contributed by atoms with Crippen molar-refractivity contribution in [1.82, 2.24) is 10.3 Å². The Kier molecular flexibility index (Phi) is 3.73. The second kappa shape index (κ2) is 5.65. The van der Waals surface area contributed by atoms with Crippen LogP contribution in [0.15, 0.2) is 47.2 Å². The van der Waals surface area contributed by atoms with Crippen molar-refractivity contribution in [2.75, 3.05) is 7.05 Å². The van der Waals surface area contributed by atoms with Gasteiger partial charge in [-0.1, -0.05) is 30.3 Å². The summed E-state index contributed by atoms with van der Waals surface area (Å²) in [5, 5.41) is 8.57. The molecule has 0 aliphatic heterocycles. The third kappa shape index (κ3) is 2.61. The normalized spacial score (nSPS) is 10.8.